The maximum Gasteiger partial charge on any atom is 0.337 e. The number of amides is 1. The maximum absolute atomic E-state index is 12.8. The van der Waals surface area contributed by atoms with Gasteiger partial charge in [0.2, 0.25) is 0 Å². The summed E-state index contributed by atoms with van der Waals surface area (Å²) in [5.74, 6) is -1.04. The van der Waals surface area contributed by atoms with Crippen molar-refractivity contribution in [2.24, 2.45) is 0 Å². The molecule has 152 valence electrons. The number of nitrogens with one attached hydrogen (secondary N) is 1. The van der Waals surface area contributed by atoms with E-state index in [2.05, 4.69) is 21.2 Å². The zero-order valence-corrected chi connectivity index (χ0v) is 17.3. The normalized spacial score (nSPS) is 14.9. The quantitative estimate of drug-likeness (QED) is 0.547. The van der Waals surface area contributed by atoms with E-state index < -0.39 is 18.0 Å². The number of benzene rings is 2. The first kappa shape index (κ1) is 21.0. The minimum atomic E-state index is -0.941. The van der Waals surface area contributed by atoms with Crippen molar-refractivity contribution in [1.82, 2.24) is 4.90 Å². The molecule has 1 unspecified atom stereocenters. The Bertz CT molecular complexity index is 945. The highest BCUT2D eigenvalue weighted by atomic mass is 79.9. The lowest BCUT2D eigenvalue weighted by Crippen LogP contribution is -2.31. The Labute approximate surface area is 176 Å². The molecule has 0 radical (unpaired) electrons. The molecule has 3 N–H and O–H groups in total. The van der Waals surface area contributed by atoms with Gasteiger partial charge in [-0.05, 0) is 23.8 Å². The SMILES string of the molecule is COC(=O)C1=C(Nc2ccc(Br)cc2C(O)c2ccccc2)C(=O)N(CCO)C1. The Balaban J connectivity index is 2.00. The summed E-state index contributed by atoms with van der Waals surface area (Å²) >= 11 is 3.41. The number of nitrogens with zero attached hydrogens (tertiary/aromatic N) is 1. The summed E-state index contributed by atoms with van der Waals surface area (Å²) in [6.45, 7) is -0.0738. The number of hydrogen-bond acceptors (Lipinski definition) is 6. The second kappa shape index (κ2) is 9.21. The Hall–Kier alpha value is -2.68. The van der Waals surface area contributed by atoms with Crippen molar-refractivity contribution in [3.05, 3.63) is 75.4 Å². The molecular weight excluding hydrogens is 440 g/mol. The molecule has 0 fully saturated rings. The number of halogens is 1. The molecule has 1 atom stereocenters. The topological polar surface area (TPSA) is 99.1 Å². The standard InChI is InChI=1S/C21H21BrN2O5/c1-29-21(28)16-12-24(9-10-25)20(27)18(16)23-17-8-7-14(22)11-15(17)19(26)13-5-3-2-4-6-13/h2-8,11,19,23,25-26H,9-10,12H2,1H3. The number of hydrogen-bond donors (Lipinski definition) is 3. The van der Waals surface area contributed by atoms with E-state index in [0.717, 1.165) is 4.47 Å². The molecule has 0 saturated carbocycles. The third kappa shape index (κ3) is 4.50. The first-order chi connectivity index (χ1) is 14.0. The van der Waals surface area contributed by atoms with Crippen molar-refractivity contribution in [3.8, 4) is 0 Å². The molecular formula is C21H21BrN2O5. The summed E-state index contributed by atoms with van der Waals surface area (Å²) in [5, 5.41) is 23.1. The van der Waals surface area contributed by atoms with Crippen LogP contribution in [0.5, 0.6) is 0 Å². The Kier molecular flexibility index (Phi) is 6.68. The summed E-state index contributed by atoms with van der Waals surface area (Å²) in [7, 11) is 1.25. The van der Waals surface area contributed by atoms with Gasteiger partial charge in [0.15, 0.2) is 0 Å². The monoisotopic (exact) mass is 460 g/mol. The first-order valence-electron chi connectivity index (χ1n) is 8.97. The number of ether oxygens (including phenoxy) is 1. The van der Waals surface area contributed by atoms with E-state index in [1.807, 2.05) is 18.2 Å². The predicted octanol–water partition coefficient (Wildman–Crippen LogP) is 2.20. The van der Waals surface area contributed by atoms with Crippen LogP contribution in [0, 0.1) is 0 Å². The second-order valence-corrected chi connectivity index (χ2v) is 7.38. The van der Waals surface area contributed by atoms with Crippen molar-refractivity contribution < 1.29 is 24.5 Å². The van der Waals surface area contributed by atoms with Crippen LogP contribution in [0.3, 0.4) is 0 Å². The van der Waals surface area contributed by atoms with Crippen molar-refractivity contribution >= 4 is 33.5 Å². The molecule has 2 aromatic rings. The van der Waals surface area contributed by atoms with Gasteiger partial charge in [-0.25, -0.2) is 4.79 Å². The predicted molar refractivity (Wildman–Crippen MR) is 111 cm³/mol. The van der Waals surface area contributed by atoms with E-state index in [4.69, 9.17) is 4.74 Å². The Morgan fingerprint density at radius 1 is 1.28 bits per heavy atom. The molecule has 7 nitrogen and oxygen atoms in total. The van der Waals surface area contributed by atoms with Crippen LogP contribution in [0.2, 0.25) is 0 Å². The summed E-state index contributed by atoms with van der Waals surface area (Å²) < 4.78 is 5.57. The lowest BCUT2D eigenvalue weighted by molar-refractivity contribution is -0.136. The van der Waals surface area contributed by atoms with Gasteiger partial charge in [0.1, 0.15) is 11.8 Å². The molecule has 1 amide bonds. The van der Waals surface area contributed by atoms with E-state index in [0.29, 0.717) is 16.8 Å². The molecule has 0 spiro atoms. The van der Waals surface area contributed by atoms with Crippen molar-refractivity contribution in [2.45, 2.75) is 6.10 Å². The maximum atomic E-state index is 12.8. The first-order valence-corrected chi connectivity index (χ1v) is 9.76. The van der Waals surface area contributed by atoms with E-state index in [1.165, 1.54) is 12.0 Å². The molecule has 0 aliphatic carbocycles. The highest BCUT2D eigenvalue weighted by Crippen LogP contribution is 2.33. The van der Waals surface area contributed by atoms with E-state index >= 15 is 0 Å². The molecule has 0 saturated heterocycles. The van der Waals surface area contributed by atoms with Gasteiger partial charge in [-0.2, -0.15) is 0 Å². The minimum Gasteiger partial charge on any atom is -0.466 e. The molecule has 1 aliphatic heterocycles. The molecule has 1 heterocycles. The summed E-state index contributed by atoms with van der Waals surface area (Å²) in [6, 6.07) is 14.4. The minimum absolute atomic E-state index is 0.0432. The molecule has 0 bridgehead atoms. The van der Waals surface area contributed by atoms with Crippen LogP contribution in [0.4, 0.5) is 5.69 Å². The van der Waals surface area contributed by atoms with Gasteiger partial charge in [-0.3, -0.25) is 4.79 Å². The second-order valence-electron chi connectivity index (χ2n) is 6.47. The van der Waals surface area contributed by atoms with Gasteiger partial charge in [0, 0.05) is 22.3 Å². The van der Waals surface area contributed by atoms with Crippen LogP contribution >= 0.6 is 15.9 Å². The fourth-order valence-corrected chi connectivity index (χ4v) is 3.55. The number of carbonyl (C=O) groups is 2. The van der Waals surface area contributed by atoms with Gasteiger partial charge >= 0.3 is 5.97 Å². The average Bonchev–Trinajstić information content (AvgIpc) is 3.04. The highest BCUT2D eigenvalue weighted by molar-refractivity contribution is 9.10. The summed E-state index contributed by atoms with van der Waals surface area (Å²) in [6.07, 6.45) is -0.941. The zero-order valence-electron chi connectivity index (χ0n) is 15.8. The lowest BCUT2D eigenvalue weighted by Gasteiger charge is -2.19. The molecule has 1 aliphatic rings. The molecule has 29 heavy (non-hydrogen) atoms. The number of anilines is 1. The van der Waals surface area contributed by atoms with Gasteiger partial charge in [-0.15, -0.1) is 0 Å². The fraction of sp³-hybridized carbons (Fsp3) is 0.238. The van der Waals surface area contributed by atoms with Crippen molar-refractivity contribution in [1.29, 1.82) is 0 Å². The van der Waals surface area contributed by atoms with Crippen LogP contribution in [0.15, 0.2) is 64.3 Å². The number of aliphatic hydroxyl groups is 2. The Morgan fingerprint density at radius 2 is 2.00 bits per heavy atom. The van der Waals surface area contributed by atoms with Crippen molar-refractivity contribution in [2.75, 3.05) is 32.1 Å². The molecule has 3 rings (SSSR count). The van der Waals surface area contributed by atoms with Gasteiger partial charge in [0.05, 0.1) is 25.8 Å². The van der Waals surface area contributed by atoms with Crippen molar-refractivity contribution in [3.63, 3.8) is 0 Å². The van der Waals surface area contributed by atoms with Gasteiger partial charge < -0.3 is 25.2 Å². The van der Waals surface area contributed by atoms with E-state index in [1.54, 1.807) is 30.3 Å². The third-order valence-corrected chi connectivity index (χ3v) is 5.13. The van der Waals surface area contributed by atoms with Crippen LogP contribution in [0.1, 0.15) is 17.2 Å². The fourth-order valence-electron chi connectivity index (χ4n) is 3.17. The third-order valence-electron chi connectivity index (χ3n) is 4.64. The van der Waals surface area contributed by atoms with E-state index in [9.17, 15) is 19.8 Å². The Morgan fingerprint density at radius 3 is 2.66 bits per heavy atom. The lowest BCUT2D eigenvalue weighted by atomic mass is 9.99. The number of methoxy groups -OCH3 is 1. The van der Waals surface area contributed by atoms with E-state index in [-0.39, 0.29) is 31.0 Å². The number of carbonyl (C=O) groups excluding carboxylic acids is 2. The van der Waals surface area contributed by atoms with Gasteiger partial charge in [-0.1, -0.05) is 46.3 Å². The highest BCUT2D eigenvalue weighted by Gasteiger charge is 2.35. The van der Waals surface area contributed by atoms with Crippen LogP contribution < -0.4 is 5.32 Å². The van der Waals surface area contributed by atoms with Crippen LogP contribution in [0.25, 0.3) is 0 Å². The molecule has 2 aromatic carbocycles. The van der Waals surface area contributed by atoms with Crippen LogP contribution in [-0.2, 0) is 14.3 Å². The molecule has 8 heteroatoms. The molecule has 0 aromatic heterocycles. The number of rotatable bonds is 7. The average molecular weight is 461 g/mol. The summed E-state index contributed by atoms with van der Waals surface area (Å²) in [5.41, 5.74) is 1.97. The van der Waals surface area contributed by atoms with Crippen LogP contribution in [-0.4, -0.2) is 53.8 Å². The van der Waals surface area contributed by atoms with Gasteiger partial charge in [0.25, 0.3) is 5.91 Å². The largest absolute Gasteiger partial charge is 0.466 e. The zero-order chi connectivity index (χ0) is 21.0. The summed E-state index contributed by atoms with van der Waals surface area (Å²) in [4.78, 5) is 26.3. The number of aliphatic hydroxyl groups excluding tert-OH is 2. The number of esters is 1. The smallest absolute Gasteiger partial charge is 0.337 e. The number of β-amino-alcohol motifs (C(OH)–C–C–N with tert-alkyl or cyclic N) is 1.